The lowest BCUT2D eigenvalue weighted by Crippen LogP contribution is -1.92. The summed E-state index contributed by atoms with van der Waals surface area (Å²) in [6.45, 7) is 0. The Balaban J connectivity index is 2.98. The van der Waals surface area contributed by atoms with Gasteiger partial charge in [0.05, 0.1) is 6.07 Å². The lowest BCUT2D eigenvalue weighted by molar-refractivity contribution is 0.151. The molecule has 1 atom stereocenters. The molecule has 3 nitrogen and oxygen atoms in total. The van der Waals surface area contributed by atoms with Crippen molar-refractivity contribution in [2.45, 2.75) is 12.5 Å². The van der Waals surface area contributed by atoms with Gasteiger partial charge in [0.2, 0.25) is 6.08 Å². The Morgan fingerprint density at radius 2 is 1.73 bits per heavy atom. The van der Waals surface area contributed by atoms with Crippen LogP contribution in [0.1, 0.15) is 23.6 Å². The molecule has 0 spiro atoms. The number of halogens is 2. The molecule has 0 aliphatic heterocycles. The Bertz CT molecular complexity index is 416. The summed E-state index contributed by atoms with van der Waals surface area (Å²) >= 11 is 0. The van der Waals surface area contributed by atoms with Crippen LogP contribution in [0.2, 0.25) is 0 Å². The van der Waals surface area contributed by atoms with Crippen LogP contribution in [0.25, 0.3) is 0 Å². The molecule has 0 heterocycles. The summed E-state index contributed by atoms with van der Waals surface area (Å²) in [5, 5.41) is 8.62. The zero-order valence-corrected chi connectivity index (χ0v) is 7.52. The average molecular weight is 208 g/mol. The summed E-state index contributed by atoms with van der Waals surface area (Å²) in [7, 11) is 0. The third-order valence-electron chi connectivity index (χ3n) is 1.81. The van der Waals surface area contributed by atoms with Gasteiger partial charge in [-0.25, -0.2) is 13.6 Å². The predicted octanol–water partition coefficient (Wildman–Crippen LogP) is 2.52. The summed E-state index contributed by atoms with van der Waals surface area (Å²) in [6.07, 6.45) is -1.29. The normalized spacial score (nSPS) is 11.6. The van der Waals surface area contributed by atoms with Gasteiger partial charge in [-0.05, 0) is 5.56 Å². The zero-order chi connectivity index (χ0) is 11.3. The molecular weight excluding hydrogens is 202 g/mol. The monoisotopic (exact) mass is 208 g/mol. The van der Waals surface area contributed by atoms with E-state index in [1.165, 1.54) is 30.3 Å². The van der Waals surface area contributed by atoms with E-state index in [0.29, 0.717) is 5.56 Å². The molecule has 0 aliphatic carbocycles. The maximum Gasteiger partial charge on any atom is 0.263 e. The molecule has 1 aromatic rings. The fraction of sp³-hybridized carbons (Fsp3) is 0.200. The Morgan fingerprint density at radius 3 is 2.13 bits per heavy atom. The summed E-state index contributed by atoms with van der Waals surface area (Å²) in [5.74, 6) is 0. The number of benzene rings is 1. The van der Waals surface area contributed by atoms with Crippen molar-refractivity contribution in [2.75, 3.05) is 0 Å². The van der Waals surface area contributed by atoms with Gasteiger partial charge in [-0.1, -0.05) is 24.3 Å². The van der Waals surface area contributed by atoms with E-state index in [9.17, 15) is 13.6 Å². The minimum atomic E-state index is -2.55. The van der Waals surface area contributed by atoms with Crippen LogP contribution in [0, 0.1) is 11.3 Å². The minimum Gasteiger partial charge on any atom is -0.211 e. The number of isocyanates is 1. The minimum absolute atomic E-state index is 0.134. The molecule has 76 valence electrons. The summed E-state index contributed by atoms with van der Waals surface area (Å²) < 4.78 is 24.4. The Labute approximate surface area is 84.7 Å². The quantitative estimate of drug-likeness (QED) is 0.566. The number of hydrogen-bond acceptors (Lipinski definition) is 3. The number of nitriles is 1. The van der Waals surface area contributed by atoms with E-state index in [0.717, 1.165) is 0 Å². The predicted molar refractivity (Wildman–Crippen MR) is 47.9 cm³/mol. The second kappa shape index (κ2) is 4.99. The summed E-state index contributed by atoms with van der Waals surface area (Å²) in [6, 6.07) is 5.86. The second-order valence-electron chi connectivity index (χ2n) is 2.72. The first-order valence-electron chi connectivity index (χ1n) is 4.03. The zero-order valence-electron chi connectivity index (χ0n) is 7.52. The molecule has 0 aliphatic rings. The summed E-state index contributed by atoms with van der Waals surface area (Å²) in [5.41, 5.74) is 0.260. The molecule has 0 bridgehead atoms. The second-order valence-corrected chi connectivity index (χ2v) is 2.72. The molecule has 5 heteroatoms. The third-order valence-corrected chi connectivity index (χ3v) is 1.81. The van der Waals surface area contributed by atoms with Gasteiger partial charge >= 0.3 is 0 Å². The van der Waals surface area contributed by atoms with Crippen molar-refractivity contribution >= 4 is 6.08 Å². The molecule has 0 N–H and O–H groups in total. The maximum absolute atomic E-state index is 12.2. The highest BCUT2D eigenvalue weighted by molar-refractivity contribution is 5.38. The molecule has 0 aromatic heterocycles. The van der Waals surface area contributed by atoms with Crippen LogP contribution in [0.5, 0.6) is 0 Å². The van der Waals surface area contributed by atoms with Crippen molar-refractivity contribution in [3.8, 4) is 6.07 Å². The Morgan fingerprint density at radius 1 is 1.20 bits per heavy atom. The van der Waals surface area contributed by atoms with Gasteiger partial charge in [0, 0.05) is 5.56 Å². The van der Waals surface area contributed by atoms with Crippen LogP contribution in [-0.2, 0) is 4.79 Å². The molecule has 0 amide bonds. The van der Waals surface area contributed by atoms with Crippen molar-refractivity contribution in [1.29, 1.82) is 5.26 Å². The lowest BCUT2D eigenvalue weighted by Gasteiger charge is -2.03. The van der Waals surface area contributed by atoms with E-state index in [4.69, 9.17) is 5.26 Å². The molecule has 0 fully saturated rings. The highest BCUT2D eigenvalue weighted by Crippen LogP contribution is 2.22. The Hall–Kier alpha value is -2.05. The smallest absolute Gasteiger partial charge is 0.211 e. The van der Waals surface area contributed by atoms with Gasteiger partial charge in [-0.15, -0.1) is 0 Å². The van der Waals surface area contributed by atoms with Gasteiger partial charge in [0.1, 0.15) is 0 Å². The molecule has 1 unspecified atom stereocenters. The molecule has 0 saturated heterocycles. The number of alkyl halides is 2. The van der Waals surface area contributed by atoms with E-state index in [1.54, 1.807) is 6.07 Å². The van der Waals surface area contributed by atoms with Gasteiger partial charge in [0.15, 0.2) is 6.04 Å². The Kier molecular flexibility index (Phi) is 3.67. The van der Waals surface area contributed by atoms with E-state index in [2.05, 4.69) is 4.99 Å². The molecular formula is C10H6F2N2O. The van der Waals surface area contributed by atoms with Crippen molar-refractivity contribution in [3.05, 3.63) is 35.4 Å². The van der Waals surface area contributed by atoms with E-state index >= 15 is 0 Å². The van der Waals surface area contributed by atoms with E-state index in [1.807, 2.05) is 0 Å². The van der Waals surface area contributed by atoms with Crippen LogP contribution < -0.4 is 0 Å². The first kappa shape index (κ1) is 11.0. The van der Waals surface area contributed by atoms with E-state index < -0.39 is 12.5 Å². The number of carbonyl (C=O) groups excluding carboxylic acids is 1. The molecule has 0 radical (unpaired) electrons. The van der Waals surface area contributed by atoms with Crippen LogP contribution in [-0.4, -0.2) is 6.08 Å². The van der Waals surface area contributed by atoms with Crippen molar-refractivity contribution in [1.82, 2.24) is 0 Å². The first-order chi connectivity index (χ1) is 7.19. The van der Waals surface area contributed by atoms with Gasteiger partial charge in [-0.2, -0.15) is 10.3 Å². The summed E-state index contributed by atoms with van der Waals surface area (Å²) in [4.78, 5) is 13.2. The van der Waals surface area contributed by atoms with Crippen molar-refractivity contribution < 1.29 is 13.6 Å². The van der Waals surface area contributed by atoms with Crippen molar-refractivity contribution in [3.63, 3.8) is 0 Å². The van der Waals surface area contributed by atoms with E-state index in [-0.39, 0.29) is 5.56 Å². The number of hydrogen-bond donors (Lipinski definition) is 0. The standard InChI is InChI=1S/C10H6F2N2O/c11-10(12)8-3-1-7(2-4-8)9(5-13)14-6-15/h1-4,9-10H. The fourth-order valence-corrected chi connectivity index (χ4v) is 1.05. The average Bonchev–Trinajstić information content (AvgIpc) is 2.26. The molecule has 0 saturated carbocycles. The fourth-order valence-electron chi connectivity index (χ4n) is 1.05. The third kappa shape index (κ3) is 2.70. The largest absolute Gasteiger partial charge is 0.263 e. The van der Waals surface area contributed by atoms with Gasteiger partial charge in [0.25, 0.3) is 6.43 Å². The molecule has 15 heavy (non-hydrogen) atoms. The SMILES string of the molecule is N#CC(N=C=O)c1ccc(C(F)F)cc1. The first-order valence-corrected chi connectivity index (χ1v) is 4.03. The highest BCUT2D eigenvalue weighted by Gasteiger charge is 2.10. The highest BCUT2D eigenvalue weighted by atomic mass is 19.3. The lowest BCUT2D eigenvalue weighted by atomic mass is 10.1. The van der Waals surface area contributed by atoms with Gasteiger partial charge in [-0.3, -0.25) is 0 Å². The number of aliphatic imine (C=N–C) groups is 1. The molecule has 1 aromatic carbocycles. The number of nitrogens with zero attached hydrogens (tertiary/aromatic N) is 2. The maximum atomic E-state index is 12.2. The van der Waals surface area contributed by atoms with Crippen LogP contribution in [0.15, 0.2) is 29.3 Å². The molecule has 1 rings (SSSR count). The van der Waals surface area contributed by atoms with Crippen LogP contribution >= 0.6 is 0 Å². The van der Waals surface area contributed by atoms with Crippen molar-refractivity contribution in [2.24, 2.45) is 4.99 Å². The van der Waals surface area contributed by atoms with Gasteiger partial charge < -0.3 is 0 Å². The topological polar surface area (TPSA) is 53.2 Å². The van der Waals surface area contributed by atoms with Crippen LogP contribution in [0.3, 0.4) is 0 Å². The van der Waals surface area contributed by atoms with Crippen LogP contribution in [0.4, 0.5) is 8.78 Å². The number of rotatable bonds is 3.